The molecule has 0 spiro atoms. The highest BCUT2D eigenvalue weighted by molar-refractivity contribution is 5.43. The van der Waals surface area contributed by atoms with Crippen molar-refractivity contribution in [2.24, 2.45) is 0 Å². The quantitative estimate of drug-likeness (QED) is 0.603. The number of methoxy groups -OCH3 is 1. The van der Waals surface area contributed by atoms with Crippen molar-refractivity contribution in [3.05, 3.63) is 33.9 Å². The van der Waals surface area contributed by atoms with E-state index in [1.54, 1.807) is 7.11 Å². The first kappa shape index (κ1) is 13.4. The van der Waals surface area contributed by atoms with E-state index in [9.17, 15) is 10.1 Å². The Balaban J connectivity index is 2.82. The molecule has 0 heterocycles. The van der Waals surface area contributed by atoms with E-state index >= 15 is 0 Å². The highest BCUT2D eigenvalue weighted by Crippen LogP contribution is 2.24. The average Bonchev–Trinajstić information content (AvgIpc) is 2.35. The van der Waals surface area contributed by atoms with Gasteiger partial charge in [0, 0.05) is 24.8 Å². The fraction of sp³-hybridized carbons (Fsp3) is 0.455. The smallest absolute Gasteiger partial charge is 0.270 e. The molecule has 0 amide bonds. The van der Waals surface area contributed by atoms with Crippen LogP contribution in [0.1, 0.15) is 12.5 Å². The molecule has 1 aromatic rings. The van der Waals surface area contributed by atoms with Crippen LogP contribution in [0.4, 0.5) is 5.69 Å². The summed E-state index contributed by atoms with van der Waals surface area (Å²) in [5.41, 5.74) is 0.323. The highest BCUT2D eigenvalue weighted by atomic mass is 16.6. The van der Waals surface area contributed by atoms with E-state index in [4.69, 9.17) is 14.6 Å². The molecule has 0 bridgehead atoms. The van der Waals surface area contributed by atoms with Crippen LogP contribution in [0, 0.1) is 10.1 Å². The number of rotatable bonds is 6. The van der Waals surface area contributed by atoms with Gasteiger partial charge in [-0.25, -0.2) is 0 Å². The van der Waals surface area contributed by atoms with Crippen LogP contribution >= 0.6 is 0 Å². The Kier molecular flexibility index (Phi) is 4.86. The van der Waals surface area contributed by atoms with Gasteiger partial charge in [0.25, 0.3) is 5.69 Å². The van der Waals surface area contributed by atoms with Crippen molar-refractivity contribution in [1.82, 2.24) is 0 Å². The Labute approximate surface area is 98.9 Å². The van der Waals surface area contributed by atoms with Crippen LogP contribution in [-0.4, -0.2) is 29.9 Å². The first-order chi connectivity index (χ1) is 8.08. The Bertz CT molecular complexity index is 393. The van der Waals surface area contributed by atoms with Gasteiger partial charge >= 0.3 is 0 Å². The number of aliphatic hydroxyl groups excluding tert-OH is 1. The van der Waals surface area contributed by atoms with Crippen LogP contribution in [-0.2, 0) is 11.3 Å². The molecule has 0 saturated carbocycles. The number of benzene rings is 1. The zero-order valence-corrected chi connectivity index (χ0v) is 9.75. The minimum Gasteiger partial charge on any atom is -0.491 e. The van der Waals surface area contributed by atoms with Crippen LogP contribution in [0.3, 0.4) is 0 Å². The van der Waals surface area contributed by atoms with Crippen LogP contribution in [0.25, 0.3) is 0 Å². The minimum absolute atomic E-state index is 0.0683. The SMILES string of the molecule is COC(C)COc1ccc([N+](=O)[O-])cc1CO. The normalized spacial score (nSPS) is 12.2. The van der Waals surface area contributed by atoms with Crippen LogP contribution in [0.5, 0.6) is 5.75 Å². The van der Waals surface area contributed by atoms with Gasteiger partial charge in [0.1, 0.15) is 12.4 Å². The number of nitro benzene ring substituents is 1. The number of non-ortho nitro benzene ring substituents is 1. The van der Waals surface area contributed by atoms with Crippen molar-refractivity contribution >= 4 is 5.69 Å². The molecular formula is C11H15NO5. The third-order valence-corrected chi connectivity index (χ3v) is 2.30. The minimum atomic E-state index is -0.513. The summed E-state index contributed by atoms with van der Waals surface area (Å²) in [6.45, 7) is 1.85. The monoisotopic (exact) mass is 241 g/mol. The first-order valence-corrected chi connectivity index (χ1v) is 5.12. The van der Waals surface area contributed by atoms with Gasteiger partial charge in [-0.2, -0.15) is 0 Å². The standard InChI is InChI=1S/C11H15NO5/c1-8(16-2)7-17-11-4-3-10(12(14)15)5-9(11)6-13/h3-5,8,13H,6-7H2,1-2H3. The maximum Gasteiger partial charge on any atom is 0.270 e. The number of aliphatic hydroxyl groups is 1. The van der Waals surface area contributed by atoms with Crippen molar-refractivity contribution in [2.45, 2.75) is 19.6 Å². The third-order valence-electron chi connectivity index (χ3n) is 2.30. The largest absolute Gasteiger partial charge is 0.491 e. The van der Waals surface area contributed by atoms with Gasteiger partial charge < -0.3 is 14.6 Å². The Morgan fingerprint density at radius 3 is 2.76 bits per heavy atom. The summed E-state index contributed by atoms with van der Waals surface area (Å²) in [6.07, 6.45) is -0.0864. The average molecular weight is 241 g/mol. The van der Waals surface area contributed by atoms with Crippen LogP contribution in [0.15, 0.2) is 18.2 Å². The zero-order valence-electron chi connectivity index (χ0n) is 9.75. The van der Waals surface area contributed by atoms with E-state index in [0.717, 1.165) is 0 Å². The van der Waals surface area contributed by atoms with Gasteiger partial charge in [-0.3, -0.25) is 10.1 Å². The maximum absolute atomic E-state index is 10.6. The molecule has 1 rings (SSSR count). The summed E-state index contributed by atoms with van der Waals surface area (Å²) in [6, 6.07) is 4.12. The van der Waals surface area contributed by atoms with Crippen molar-refractivity contribution in [2.75, 3.05) is 13.7 Å². The molecule has 6 heteroatoms. The second-order valence-corrected chi connectivity index (χ2v) is 3.56. The zero-order chi connectivity index (χ0) is 12.8. The molecule has 6 nitrogen and oxygen atoms in total. The van der Waals surface area contributed by atoms with Gasteiger partial charge in [0.05, 0.1) is 17.6 Å². The van der Waals surface area contributed by atoms with Crippen molar-refractivity contribution in [3.63, 3.8) is 0 Å². The van der Waals surface area contributed by atoms with Crippen molar-refractivity contribution < 1.29 is 19.5 Å². The lowest BCUT2D eigenvalue weighted by molar-refractivity contribution is -0.385. The lowest BCUT2D eigenvalue weighted by atomic mass is 10.2. The number of ether oxygens (including phenoxy) is 2. The Morgan fingerprint density at radius 1 is 1.53 bits per heavy atom. The molecule has 0 aliphatic carbocycles. The molecule has 0 aliphatic rings. The Hall–Kier alpha value is -1.66. The van der Waals surface area contributed by atoms with E-state index in [2.05, 4.69) is 0 Å². The predicted octanol–water partition coefficient (Wildman–Crippen LogP) is 1.50. The van der Waals surface area contributed by atoms with Gasteiger partial charge in [0.15, 0.2) is 0 Å². The number of hydrogen-bond acceptors (Lipinski definition) is 5. The fourth-order valence-corrected chi connectivity index (χ4v) is 1.22. The molecule has 94 valence electrons. The van der Waals surface area contributed by atoms with Crippen LogP contribution < -0.4 is 4.74 Å². The molecular weight excluding hydrogens is 226 g/mol. The number of nitrogens with zero attached hydrogens (tertiary/aromatic N) is 1. The second kappa shape index (κ2) is 6.17. The molecule has 0 fully saturated rings. The second-order valence-electron chi connectivity index (χ2n) is 3.56. The van der Waals surface area contributed by atoms with Gasteiger partial charge in [-0.15, -0.1) is 0 Å². The summed E-state index contributed by atoms with van der Waals surface area (Å²) >= 11 is 0. The van der Waals surface area contributed by atoms with Gasteiger partial charge in [0.2, 0.25) is 0 Å². The van der Waals surface area contributed by atoms with Gasteiger partial charge in [-0.1, -0.05) is 0 Å². The summed E-state index contributed by atoms with van der Waals surface area (Å²) in [5.74, 6) is 0.432. The summed E-state index contributed by atoms with van der Waals surface area (Å²) in [5, 5.41) is 19.7. The van der Waals surface area contributed by atoms with Crippen molar-refractivity contribution in [3.8, 4) is 5.75 Å². The van der Waals surface area contributed by atoms with E-state index in [1.807, 2.05) is 6.92 Å². The van der Waals surface area contributed by atoms with E-state index in [0.29, 0.717) is 17.9 Å². The molecule has 0 saturated heterocycles. The Morgan fingerprint density at radius 2 is 2.24 bits per heavy atom. The highest BCUT2D eigenvalue weighted by Gasteiger charge is 2.12. The predicted molar refractivity (Wildman–Crippen MR) is 61.0 cm³/mol. The molecule has 0 aromatic heterocycles. The molecule has 1 atom stereocenters. The summed E-state index contributed by atoms with van der Waals surface area (Å²) in [7, 11) is 1.57. The maximum atomic E-state index is 10.6. The summed E-state index contributed by atoms with van der Waals surface area (Å²) in [4.78, 5) is 10.0. The topological polar surface area (TPSA) is 81.8 Å². The van der Waals surface area contributed by atoms with Crippen molar-refractivity contribution in [1.29, 1.82) is 0 Å². The molecule has 0 aliphatic heterocycles. The number of nitro groups is 1. The number of hydrogen-bond donors (Lipinski definition) is 1. The summed E-state index contributed by atoms with van der Waals surface area (Å²) < 4.78 is 10.4. The molecule has 17 heavy (non-hydrogen) atoms. The van der Waals surface area contributed by atoms with E-state index in [-0.39, 0.29) is 18.4 Å². The third kappa shape index (κ3) is 3.69. The fourth-order valence-electron chi connectivity index (χ4n) is 1.22. The van der Waals surface area contributed by atoms with E-state index in [1.165, 1.54) is 18.2 Å². The molecule has 1 aromatic carbocycles. The first-order valence-electron chi connectivity index (χ1n) is 5.12. The lowest BCUT2D eigenvalue weighted by Gasteiger charge is -2.13. The molecule has 0 radical (unpaired) electrons. The lowest BCUT2D eigenvalue weighted by Crippen LogP contribution is -2.16. The van der Waals surface area contributed by atoms with Crippen LogP contribution in [0.2, 0.25) is 0 Å². The van der Waals surface area contributed by atoms with E-state index < -0.39 is 4.92 Å². The molecule has 1 N–H and O–H groups in total. The molecule has 1 unspecified atom stereocenters. The van der Waals surface area contributed by atoms with Gasteiger partial charge in [-0.05, 0) is 13.0 Å².